The van der Waals surface area contributed by atoms with Crippen molar-refractivity contribution in [3.63, 3.8) is 0 Å². The normalized spacial score (nSPS) is 24.1. The lowest BCUT2D eigenvalue weighted by atomic mass is 9.75. The third-order valence-corrected chi connectivity index (χ3v) is 4.31. The van der Waals surface area contributed by atoms with Crippen molar-refractivity contribution in [3.8, 4) is 0 Å². The summed E-state index contributed by atoms with van der Waals surface area (Å²) in [6, 6.07) is 7.96. The summed E-state index contributed by atoms with van der Waals surface area (Å²) in [7, 11) is 0. The maximum Gasteiger partial charge on any atom is 0.0914 e. The minimum Gasteiger partial charge on any atom is -0.387 e. The Balaban J connectivity index is 1.83. The summed E-state index contributed by atoms with van der Waals surface area (Å²) in [6.45, 7) is 5.27. The van der Waals surface area contributed by atoms with E-state index >= 15 is 0 Å². The van der Waals surface area contributed by atoms with Crippen LogP contribution >= 0.6 is 11.6 Å². The summed E-state index contributed by atoms with van der Waals surface area (Å²) in [6.07, 6.45) is 4.55. The smallest absolute Gasteiger partial charge is 0.0914 e. The van der Waals surface area contributed by atoms with Gasteiger partial charge in [0.2, 0.25) is 0 Å². The lowest BCUT2D eigenvalue weighted by molar-refractivity contribution is 0.147. The van der Waals surface area contributed by atoms with Crippen LogP contribution in [0.3, 0.4) is 0 Å². The predicted molar refractivity (Wildman–Crippen MR) is 80.5 cm³/mol. The molecule has 2 rings (SSSR count). The molecule has 2 nitrogen and oxygen atoms in total. The van der Waals surface area contributed by atoms with Crippen LogP contribution in [-0.2, 0) is 0 Å². The molecule has 0 radical (unpaired) electrons. The number of rotatable bonds is 4. The van der Waals surface area contributed by atoms with Gasteiger partial charge in [-0.3, -0.25) is 0 Å². The number of aliphatic hydroxyl groups is 1. The summed E-state index contributed by atoms with van der Waals surface area (Å²) in [4.78, 5) is 0. The van der Waals surface area contributed by atoms with Gasteiger partial charge in [0.15, 0.2) is 0 Å². The standard InChI is InChI=1S/C16H24ClNO/c1-16(2)9-3-4-14(10-16)18-11-15(19)12-5-7-13(17)8-6-12/h5-8,14-15,18-19H,3-4,9-11H2,1-2H3. The van der Waals surface area contributed by atoms with E-state index < -0.39 is 6.10 Å². The van der Waals surface area contributed by atoms with Crippen LogP contribution in [0.2, 0.25) is 5.02 Å². The fourth-order valence-corrected chi connectivity index (χ4v) is 3.08. The molecule has 0 amide bonds. The number of hydrogen-bond donors (Lipinski definition) is 2. The van der Waals surface area contributed by atoms with E-state index in [1.807, 2.05) is 24.3 Å². The van der Waals surface area contributed by atoms with Crippen molar-refractivity contribution in [1.29, 1.82) is 0 Å². The van der Waals surface area contributed by atoms with Gasteiger partial charge >= 0.3 is 0 Å². The average Bonchev–Trinajstić information content (AvgIpc) is 2.36. The van der Waals surface area contributed by atoms with Gasteiger partial charge in [0, 0.05) is 17.6 Å². The Kier molecular flexibility index (Phi) is 4.88. The maximum absolute atomic E-state index is 10.2. The van der Waals surface area contributed by atoms with Crippen molar-refractivity contribution in [2.45, 2.75) is 51.7 Å². The molecular weight excluding hydrogens is 258 g/mol. The summed E-state index contributed by atoms with van der Waals surface area (Å²) in [5.74, 6) is 0. The molecule has 106 valence electrons. The van der Waals surface area contributed by atoms with E-state index in [4.69, 9.17) is 11.6 Å². The molecule has 1 saturated carbocycles. The van der Waals surface area contributed by atoms with Gasteiger partial charge < -0.3 is 10.4 Å². The van der Waals surface area contributed by atoms with Gasteiger partial charge in [-0.2, -0.15) is 0 Å². The lowest BCUT2D eigenvalue weighted by Gasteiger charge is -2.36. The van der Waals surface area contributed by atoms with Crippen molar-refractivity contribution >= 4 is 11.6 Å². The van der Waals surface area contributed by atoms with Gasteiger partial charge in [-0.05, 0) is 42.4 Å². The largest absolute Gasteiger partial charge is 0.387 e. The number of aliphatic hydroxyl groups excluding tert-OH is 1. The molecule has 0 bridgehead atoms. The number of hydrogen-bond acceptors (Lipinski definition) is 2. The number of nitrogens with one attached hydrogen (secondary N) is 1. The van der Waals surface area contributed by atoms with Crippen molar-refractivity contribution in [2.75, 3.05) is 6.54 Å². The predicted octanol–water partition coefficient (Wildman–Crippen LogP) is 3.93. The van der Waals surface area contributed by atoms with Crippen LogP contribution in [0.25, 0.3) is 0 Å². The van der Waals surface area contributed by atoms with E-state index in [-0.39, 0.29) is 0 Å². The third-order valence-electron chi connectivity index (χ3n) is 4.06. The van der Waals surface area contributed by atoms with Gasteiger partial charge in [0.05, 0.1) is 6.10 Å². The molecule has 2 N–H and O–H groups in total. The summed E-state index contributed by atoms with van der Waals surface area (Å²) < 4.78 is 0. The molecule has 0 heterocycles. The van der Waals surface area contributed by atoms with E-state index in [1.165, 1.54) is 25.7 Å². The molecule has 2 unspecified atom stereocenters. The Morgan fingerprint density at radius 3 is 2.68 bits per heavy atom. The van der Waals surface area contributed by atoms with Gasteiger partial charge in [0.25, 0.3) is 0 Å². The molecule has 1 aromatic rings. The molecule has 0 aliphatic heterocycles. The van der Waals surface area contributed by atoms with Crippen molar-refractivity contribution in [1.82, 2.24) is 5.32 Å². The minimum atomic E-state index is -0.456. The van der Waals surface area contributed by atoms with E-state index in [2.05, 4.69) is 19.2 Å². The van der Waals surface area contributed by atoms with Crippen LogP contribution in [0.15, 0.2) is 24.3 Å². The zero-order valence-corrected chi connectivity index (χ0v) is 12.6. The van der Waals surface area contributed by atoms with Gasteiger partial charge in [0.1, 0.15) is 0 Å². The Bertz CT molecular complexity index is 402. The zero-order valence-electron chi connectivity index (χ0n) is 11.8. The molecule has 2 atom stereocenters. The second kappa shape index (κ2) is 6.25. The van der Waals surface area contributed by atoms with Crippen LogP contribution < -0.4 is 5.32 Å². The lowest BCUT2D eigenvalue weighted by Crippen LogP contribution is -2.39. The van der Waals surface area contributed by atoms with E-state index in [0.717, 1.165) is 5.56 Å². The molecule has 0 aromatic heterocycles. The summed E-state index contributed by atoms with van der Waals surface area (Å²) in [5, 5.41) is 14.4. The highest BCUT2D eigenvalue weighted by molar-refractivity contribution is 6.30. The minimum absolute atomic E-state index is 0.432. The molecule has 1 aromatic carbocycles. The first-order valence-corrected chi connectivity index (χ1v) is 7.51. The van der Waals surface area contributed by atoms with E-state index in [1.54, 1.807) is 0 Å². The van der Waals surface area contributed by atoms with Crippen LogP contribution in [0.1, 0.15) is 51.2 Å². The van der Waals surface area contributed by atoms with Crippen molar-refractivity contribution in [3.05, 3.63) is 34.9 Å². The van der Waals surface area contributed by atoms with Gasteiger partial charge in [-0.25, -0.2) is 0 Å². The monoisotopic (exact) mass is 281 g/mol. The highest BCUT2D eigenvalue weighted by Crippen LogP contribution is 2.35. The first kappa shape index (κ1) is 14.8. The number of halogens is 1. The third kappa shape index (κ3) is 4.48. The van der Waals surface area contributed by atoms with Crippen LogP contribution in [0.4, 0.5) is 0 Å². The van der Waals surface area contributed by atoms with E-state index in [9.17, 15) is 5.11 Å². The van der Waals surface area contributed by atoms with Gasteiger partial charge in [-0.1, -0.05) is 44.0 Å². The molecule has 1 aliphatic rings. The van der Waals surface area contributed by atoms with Crippen molar-refractivity contribution in [2.24, 2.45) is 5.41 Å². The Morgan fingerprint density at radius 1 is 1.37 bits per heavy atom. The first-order chi connectivity index (χ1) is 8.96. The molecule has 19 heavy (non-hydrogen) atoms. The fourth-order valence-electron chi connectivity index (χ4n) is 2.95. The van der Waals surface area contributed by atoms with Crippen LogP contribution in [0.5, 0.6) is 0 Å². The SMILES string of the molecule is CC1(C)CCCC(NCC(O)c2ccc(Cl)cc2)C1. The molecule has 0 spiro atoms. The van der Waals surface area contributed by atoms with Crippen LogP contribution in [-0.4, -0.2) is 17.7 Å². The number of benzene rings is 1. The molecular formula is C16H24ClNO. The highest BCUT2D eigenvalue weighted by atomic mass is 35.5. The topological polar surface area (TPSA) is 32.3 Å². The fraction of sp³-hybridized carbons (Fsp3) is 0.625. The second-order valence-corrected chi connectivity index (χ2v) is 6.87. The Hall–Kier alpha value is -0.570. The zero-order chi connectivity index (χ0) is 13.9. The Labute approximate surface area is 121 Å². The van der Waals surface area contributed by atoms with Gasteiger partial charge in [-0.15, -0.1) is 0 Å². The first-order valence-electron chi connectivity index (χ1n) is 7.13. The average molecular weight is 282 g/mol. The second-order valence-electron chi connectivity index (χ2n) is 6.43. The molecule has 3 heteroatoms. The summed E-state index contributed by atoms with van der Waals surface area (Å²) >= 11 is 5.85. The molecule has 0 saturated heterocycles. The quantitative estimate of drug-likeness (QED) is 0.876. The highest BCUT2D eigenvalue weighted by Gasteiger charge is 2.27. The Morgan fingerprint density at radius 2 is 2.05 bits per heavy atom. The van der Waals surface area contributed by atoms with E-state index in [0.29, 0.717) is 23.0 Å². The molecule has 1 fully saturated rings. The van der Waals surface area contributed by atoms with Crippen molar-refractivity contribution < 1.29 is 5.11 Å². The maximum atomic E-state index is 10.2. The molecule has 1 aliphatic carbocycles. The summed E-state index contributed by atoms with van der Waals surface area (Å²) in [5.41, 5.74) is 1.35. The van der Waals surface area contributed by atoms with Crippen LogP contribution in [0, 0.1) is 5.41 Å².